The van der Waals surface area contributed by atoms with Gasteiger partial charge in [-0.2, -0.15) is 0 Å². The minimum Gasteiger partial charge on any atom is -0.481 e. The van der Waals surface area contributed by atoms with E-state index in [0.29, 0.717) is 12.6 Å². The molecule has 1 aliphatic rings. The van der Waals surface area contributed by atoms with E-state index in [1.54, 1.807) is 0 Å². The first kappa shape index (κ1) is 13.4. The van der Waals surface area contributed by atoms with E-state index in [4.69, 9.17) is 5.11 Å². The predicted molar refractivity (Wildman–Crippen MR) is 52.9 cm³/mol. The first-order valence-electron chi connectivity index (χ1n) is 4.74. The van der Waals surface area contributed by atoms with E-state index in [9.17, 15) is 4.79 Å². The molecule has 0 aliphatic heterocycles. The average molecular weight is 194 g/mol. The third-order valence-electron chi connectivity index (χ3n) is 2.38. The molecule has 71 valence electrons. The van der Waals surface area contributed by atoms with Crippen LogP contribution < -0.4 is 5.32 Å². The van der Waals surface area contributed by atoms with Gasteiger partial charge in [0.05, 0.1) is 6.42 Å². The van der Waals surface area contributed by atoms with Crippen LogP contribution >= 0.6 is 0 Å². The molecule has 0 aromatic rings. The summed E-state index contributed by atoms with van der Waals surface area (Å²) in [4.78, 5) is 10.2. The zero-order valence-electron chi connectivity index (χ0n) is 8.38. The molecule has 0 heterocycles. The summed E-state index contributed by atoms with van der Waals surface area (Å²) in [7, 11) is 0. The summed E-state index contributed by atoms with van der Waals surface area (Å²) in [5.41, 5.74) is 0. The Kier molecular flexibility index (Phi) is 8.06. The second-order valence-electron chi connectivity index (χ2n) is 3.43. The predicted octanol–water partition coefficient (Wildman–Crippen LogP) is 1.00. The van der Waals surface area contributed by atoms with Gasteiger partial charge in [-0.3, -0.25) is 4.79 Å². The number of carbonyl (C=O) groups is 1. The fourth-order valence-electron chi connectivity index (χ4n) is 1.69. The summed E-state index contributed by atoms with van der Waals surface area (Å²) in [5.74, 6) is -0.710. The van der Waals surface area contributed by atoms with Gasteiger partial charge in [-0.15, -0.1) is 0 Å². The molecule has 1 aliphatic carbocycles. The second-order valence-corrected chi connectivity index (χ2v) is 3.43. The van der Waals surface area contributed by atoms with Crippen LogP contribution in [0.5, 0.6) is 0 Å². The topological polar surface area (TPSA) is 49.3 Å². The van der Waals surface area contributed by atoms with Gasteiger partial charge in [-0.05, 0) is 12.8 Å². The fourth-order valence-corrected chi connectivity index (χ4v) is 1.69. The maximum atomic E-state index is 10.2. The molecule has 1 radical (unpaired) electrons. The van der Waals surface area contributed by atoms with Crippen LogP contribution in [0, 0.1) is 0 Å². The van der Waals surface area contributed by atoms with Crippen molar-refractivity contribution >= 4 is 35.5 Å². The summed E-state index contributed by atoms with van der Waals surface area (Å²) >= 11 is 0. The largest absolute Gasteiger partial charge is 0.481 e. The fraction of sp³-hybridized carbons (Fsp3) is 0.889. The number of hydrogen-bond donors (Lipinski definition) is 2. The van der Waals surface area contributed by atoms with E-state index in [0.717, 1.165) is 0 Å². The van der Waals surface area contributed by atoms with E-state index in [1.165, 1.54) is 32.1 Å². The van der Waals surface area contributed by atoms with Crippen molar-refractivity contribution in [2.45, 2.75) is 44.6 Å². The quantitative estimate of drug-likeness (QED) is 0.656. The molecule has 2 N–H and O–H groups in total. The van der Waals surface area contributed by atoms with Gasteiger partial charge < -0.3 is 10.4 Å². The first-order valence-corrected chi connectivity index (χ1v) is 4.74. The maximum Gasteiger partial charge on any atom is 0.304 e. The van der Waals surface area contributed by atoms with Crippen molar-refractivity contribution in [3.05, 3.63) is 0 Å². The average Bonchev–Trinajstić information content (AvgIpc) is 2.05. The van der Waals surface area contributed by atoms with E-state index in [2.05, 4.69) is 5.32 Å². The molecule has 0 saturated heterocycles. The van der Waals surface area contributed by atoms with Gasteiger partial charge in [-0.25, -0.2) is 0 Å². The van der Waals surface area contributed by atoms with Gasteiger partial charge in [0.25, 0.3) is 0 Å². The monoisotopic (exact) mass is 194 g/mol. The van der Waals surface area contributed by atoms with Crippen LogP contribution in [-0.4, -0.2) is 53.2 Å². The number of hydrogen-bond acceptors (Lipinski definition) is 2. The Morgan fingerprint density at radius 2 is 1.92 bits per heavy atom. The van der Waals surface area contributed by atoms with Crippen molar-refractivity contribution in [1.82, 2.24) is 5.32 Å². The Bertz CT molecular complexity index is 147. The third kappa shape index (κ3) is 6.49. The Morgan fingerprint density at radius 1 is 1.31 bits per heavy atom. The van der Waals surface area contributed by atoms with Gasteiger partial charge in [0, 0.05) is 42.1 Å². The minimum absolute atomic E-state index is 0. The molecule has 4 heteroatoms. The Hall–Kier alpha value is 0.430. The van der Waals surface area contributed by atoms with E-state index >= 15 is 0 Å². The van der Waals surface area contributed by atoms with Crippen LogP contribution in [0.2, 0.25) is 0 Å². The van der Waals surface area contributed by atoms with Crippen molar-refractivity contribution in [2.24, 2.45) is 0 Å². The van der Waals surface area contributed by atoms with Gasteiger partial charge in [0.1, 0.15) is 0 Å². The molecular formula is C9H17NNaO2. The van der Waals surface area contributed by atoms with Crippen molar-refractivity contribution in [2.75, 3.05) is 6.54 Å². The zero-order valence-corrected chi connectivity index (χ0v) is 10.4. The van der Waals surface area contributed by atoms with Crippen LogP contribution in [0.3, 0.4) is 0 Å². The van der Waals surface area contributed by atoms with Crippen molar-refractivity contribution < 1.29 is 9.90 Å². The van der Waals surface area contributed by atoms with Crippen molar-refractivity contribution in [3.63, 3.8) is 0 Å². The Balaban J connectivity index is 0.00000144. The maximum absolute atomic E-state index is 10.2. The number of carboxylic acid groups (broad SMARTS) is 1. The van der Waals surface area contributed by atoms with E-state index in [-0.39, 0.29) is 36.0 Å². The van der Waals surface area contributed by atoms with Crippen molar-refractivity contribution in [3.8, 4) is 0 Å². The second kappa shape index (κ2) is 7.80. The standard InChI is InChI=1S/C9H17NO2.Na/c11-9(12)6-7-10-8-4-2-1-3-5-8;/h8,10H,1-7H2,(H,11,12);. The van der Waals surface area contributed by atoms with Gasteiger partial charge >= 0.3 is 5.97 Å². The van der Waals surface area contributed by atoms with Gasteiger partial charge in [0.15, 0.2) is 0 Å². The molecule has 1 rings (SSSR count). The zero-order chi connectivity index (χ0) is 8.81. The molecule has 0 bridgehead atoms. The van der Waals surface area contributed by atoms with Crippen LogP contribution in [0.15, 0.2) is 0 Å². The number of carboxylic acids is 1. The Morgan fingerprint density at radius 3 is 2.46 bits per heavy atom. The summed E-state index contributed by atoms with van der Waals surface area (Å²) in [6.07, 6.45) is 6.63. The van der Waals surface area contributed by atoms with E-state index < -0.39 is 5.97 Å². The van der Waals surface area contributed by atoms with Crippen LogP contribution in [-0.2, 0) is 4.79 Å². The molecule has 13 heavy (non-hydrogen) atoms. The normalized spacial score (nSPS) is 17.8. The molecule has 1 fully saturated rings. The molecule has 0 unspecified atom stereocenters. The van der Waals surface area contributed by atoms with Gasteiger partial charge in [0.2, 0.25) is 0 Å². The summed E-state index contributed by atoms with van der Waals surface area (Å²) in [5, 5.41) is 11.7. The number of nitrogens with one attached hydrogen (secondary N) is 1. The SMILES string of the molecule is O=C(O)CCNC1CCCCC1.[Na]. The summed E-state index contributed by atoms with van der Waals surface area (Å²) < 4.78 is 0. The molecule has 0 spiro atoms. The minimum atomic E-state index is -0.710. The third-order valence-corrected chi connectivity index (χ3v) is 2.38. The molecule has 0 amide bonds. The van der Waals surface area contributed by atoms with Crippen LogP contribution in [0.4, 0.5) is 0 Å². The molecule has 0 atom stereocenters. The smallest absolute Gasteiger partial charge is 0.304 e. The Labute approximate surface area is 102 Å². The molecule has 3 nitrogen and oxygen atoms in total. The van der Waals surface area contributed by atoms with Crippen LogP contribution in [0.25, 0.3) is 0 Å². The van der Waals surface area contributed by atoms with E-state index in [1.807, 2.05) is 0 Å². The van der Waals surface area contributed by atoms with Crippen molar-refractivity contribution in [1.29, 1.82) is 0 Å². The first-order chi connectivity index (χ1) is 5.79. The van der Waals surface area contributed by atoms with Gasteiger partial charge in [-0.1, -0.05) is 19.3 Å². The number of aliphatic carboxylic acids is 1. The van der Waals surface area contributed by atoms with Crippen LogP contribution in [0.1, 0.15) is 38.5 Å². The molecular weight excluding hydrogens is 177 g/mol. The number of rotatable bonds is 4. The molecule has 0 aromatic carbocycles. The summed E-state index contributed by atoms with van der Waals surface area (Å²) in [6.45, 7) is 0.625. The molecule has 0 aromatic heterocycles. The molecule has 1 saturated carbocycles. The summed E-state index contributed by atoms with van der Waals surface area (Å²) in [6, 6.07) is 0.582.